The van der Waals surface area contributed by atoms with Crippen molar-refractivity contribution in [3.05, 3.63) is 0 Å². The molecule has 0 aromatic rings. The molecule has 0 bridgehead atoms. The molecule has 2 heterocycles. The first kappa shape index (κ1) is 21.6. The van der Waals surface area contributed by atoms with E-state index in [2.05, 4.69) is 20.1 Å². The Morgan fingerprint density at radius 2 is 1.04 bits per heavy atom. The van der Waals surface area contributed by atoms with Gasteiger partial charge in [-0.15, -0.1) is 0 Å². The second-order valence-electron chi connectivity index (χ2n) is 6.01. The van der Waals surface area contributed by atoms with Crippen molar-refractivity contribution in [2.75, 3.05) is 13.1 Å². The molecular weight excluding hydrogens is 372 g/mol. The van der Waals surface area contributed by atoms with Crippen LogP contribution in [0.15, 0.2) is 10.2 Å². The second-order valence-corrected chi connectivity index (χ2v) is 6.01. The molecule has 2 aliphatic rings. The van der Waals surface area contributed by atoms with Crippen LogP contribution in [0.3, 0.4) is 0 Å². The predicted molar refractivity (Wildman–Crippen MR) is 78.7 cm³/mol. The summed E-state index contributed by atoms with van der Waals surface area (Å²) in [6.07, 6.45) is -15.5. The van der Waals surface area contributed by atoms with Crippen LogP contribution in [0.25, 0.3) is 0 Å². The number of nitrogens with zero attached hydrogens (tertiary/aromatic N) is 4. The van der Waals surface area contributed by atoms with E-state index in [1.54, 1.807) is 0 Å². The van der Waals surface area contributed by atoms with E-state index in [-0.39, 0.29) is 13.1 Å². The highest BCUT2D eigenvalue weighted by atomic mass is 16.8. The molecule has 0 amide bonds. The van der Waals surface area contributed by atoms with E-state index in [1.165, 1.54) is 0 Å². The highest BCUT2D eigenvalue weighted by molar-refractivity contribution is 4.93. The van der Waals surface area contributed by atoms with Gasteiger partial charge in [-0.25, -0.2) is 0 Å². The molecule has 0 spiro atoms. The van der Waals surface area contributed by atoms with Crippen molar-refractivity contribution < 1.29 is 44.8 Å². The van der Waals surface area contributed by atoms with E-state index in [1.807, 2.05) is 0 Å². The Labute approximate surface area is 151 Å². The van der Waals surface area contributed by atoms with E-state index in [0.29, 0.717) is 0 Å². The first-order chi connectivity index (χ1) is 12.8. The lowest BCUT2D eigenvalue weighted by molar-refractivity contribution is -0.371. The summed E-state index contributed by atoms with van der Waals surface area (Å²) < 4.78 is 15.9. The molecule has 2 rings (SSSR count). The van der Waals surface area contributed by atoms with Crippen LogP contribution in [-0.2, 0) is 14.2 Å². The number of rotatable bonds is 6. The lowest BCUT2D eigenvalue weighted by Gasteiger charge is -2.44. The van der Waals surface area contributed by atoms with Crippen LogP contribution in [0.5, 0.6) is 0 Å². The highest BCUT2D eigenvalue weighted by Crippen LogP contribution is 2.28. The van der Waals surface area contributed by atoms with Gasteiger partial charge in [0.05, 0.1) is 0 Å². The third kappa shape index (κ3) is 4.76. The van der Waals surface area contributed by atoms with Crippen molar-refractivity contribution in [1.82, 2.24) is 9.82 Å². The van der Waals surface area contributed by atoms with E-state index in [9.17, 15) is 30.6 Å². The van der Waals surface area contributed by atoms with Crippen LogP contribution in [0.2, 0.25) is 0 Å². The van der Waals surface area contributed by atoms with E-state index < -0.39 is 61.4 Å². The molecule has 0 aliphatic carbocycles. The maximum atomic E-state index is 10.0. The average molecular weight is 394 g/mol. The SMILES string of the molecule is N=[N+]=NCC1OC(OC2OC(CN=[N+]=N)C(O)C(O)C2O)C(O)C(O)C1O. The summed E-state index contributed by atoms with van der Waals surface area (Å²) in [5, 5.41) is 66.3. The summed E-state index contributed by atoms with van der Waals surface area (Å²) in [6, 6.07) is 0. The lowest BCUT2D eigenvalue weighted by Crippen LogP contribution is -2.63. The molecule has 152 valence electrons. The highest BCUT2D eigenvalue weighted by Gasteiger charge is 2.50. The summed E-state index contributed by atoms with van der Waals surface area (Å²) in [6.45, 7) is -0.619. The molecule has 10 atom stereocenters. The largest absolute Gasteiger partial charge is 0.388 e. The molecular formula is C12H22N6O9+2. The first-order valence-electron chi connectivity index (χ1n) is 7.93. The van der Waals surface area contributed by atoms with Crippen LogP contribution in [0.1, 0.15) is 0 Å². The third-order valence-electron chi connectivity index (χ3n) is 4.27. The summed E-state index contributed by atoms with van der Waals surface area (Å²) in [7, 11) is 0. The molecule has 0 aromatic carbocycles. The van der Waals surface area contributed by atoms with Gasteiger partial charge in [-0.2, -0.15) is 0 Å². The van der Waals surface area contributed by atoms with Gasteiger partial charge in [0.15, 0.2) is 25.7 Å². The molecule has 10 unspecified atom stereocenters. The molecule has 2 aliphatic heterocycles. The zero-order valence-electron chi connectivity index (χ0n) is 13.9. The van der Waals surface area contributed by atoms with Crippen molar-refractivity contribution in [2.24, 2.45) is 10.2 Å². The number of ether oxygens (including phenoxy) is 3. The van der Waals surface area contributed by atoms with Crippen LogP contribution >= 0.6 is 0 Å². The number of aliphatic hydroxyl groups is 6. The quantitative estimate of drug-likeness (QED) is 0.160. The topological polar surface area (TPSA) is 250 Å². The Morgan fingerprint density at radius 3 is 1.37 bits per heavy atom. The van der Waals surface area contributed by atoms with Gasteiger partial charge in [-0.05, 0) is 0 Å². The molecule has 15 nitrogen and oxygen atoms in total. The van der Waals surface area contributed by atoms with Gasteiger partial charge in [0.25, 0.3) is 0 Å². The van der Waals surface area contributed by atoms with Gasteiger partial charge in [0, 0.05) is 0 Å². The zero-order valence-corrected chi connectivity index (χ0v) is 13.9. The van der Waals surface area contributed by atoms with E-state index in [4.69, 9.17) is 25.3 Å². The van der Waals surface area contributed by atoms with Gasteiger partial charge < -0.3 is 44.8 Å². The molecule has 0 saturated carbocycles. The van der Waals surface area contributed by atoms with Crippen molar-refractivity contribution in [3.8, 4) is 0 Å². The normalized spacial score (nSPS) is 44.8. The predicted octanol–water partition coefficient (Wildman–Crippen LogP) is -4.28. The van der Waals surface area contributed by atoms with E-state index in [0.717, 1.165) is 0 Å². The van der Waals surface area contributed by atoms with Crippen LogP contribution in [0.4, 0.5) is 0 Å². The lowest BCUT2D eigenvalue weighted by atomic mass is 9.97. The molecule has 27 heavy (non-hydrogen) atoms. The molecule has 15 heteroatoms. The molecule has 8 N–H and O–H groups in total. The minimum absolute atomic E-state index is 0.309. The van der Waals surface area contributed by atoms with Gasteiger partial charge >= 0.3 is 0 Å². The van der Waals surface area contributed by atoms with Crippen molar-refractivity contribution in [2.45, 2.75) is 61.4 Å². The Kier molecular flexibility index (Phi) is 7.55. The number of aliphatic hydroxyl groups excluding tert-OH is 6. The maximum Gasteiger partial charge on any atom is 0.214 e. The van der Waals surface area contributed by atoms with E-state index >= 15 is 0 Å². The zero-order chi connectivity index (χ0) is 20.1. The monoisotopic (exact) mass is 394 g/mol. The van der Waals surface area contributed by atoms with Crippen molar-refractivity contribution in [1.29, 1.82) is 11.1 Å². The fourth-order valence-electron chi connectivity index (χ4n) is 2.73. The van der Waals surface area contributed by atoms with Crippen LogP contribution in [-0.4, -0.2) is 105 Å². The van der Waals surface area contributed by atoms with Crippen molar-refractivity contribution in [3.63, 3.8) is 0 Å². The number of hydrogen-bond acceptors (Lipinski definition) is 13. The summed E-state index contributed by atoms with van der Waals surface area (Å²) in [5.41, 5.74) is 13.2. The Hall–Kier alpha value is -1.74. The number of hydrogen-bond donors (Lipinski definition) is 8. The van der Waals surface area contributed by atoms with Gasteiger partial charge in [0.2, 0.25) is 9.82 Å². The smallest absolute Gasteiger partial charge is 0.214 e. The van der Waals surface area contributed by atoms with Crippen LogP contribution < -0.4 is 9.82 Å². The van der Waals surface area contributed by atoms with Crippen molar-refractivity contribution >= 4 is 0 Å². The second kappa shape index (κ2) is 9.45. The summed E-state index contributed by atoms with van der Waals surface area (Å²) >= 11 is 0. The maximum absolute atomic E-state index is 10.0. The average Bonchev–Trinajstić information content (AvgIpc) is 2.66. The number of nitrogens with one attached hydrogen (secondary N) is 2. The van der Waals surface area contributed by atoms with Gasteiger partial charge in [-0.1, -0.05) is 0 Å². The third-order valence-corrected chi connectivity index (χ3v) is 4.27. The minimum atomic E-state index is -1.74. The molecule has 0 radical (unpaired) electrons. The fourth-order valence-corrected chi connectivity index (χ4v) is 2.73. The first-order valence-corrected chi connectivity index (χ1v) is 7.93. The molecule has 2 fully saturated rings. The Morgan fingerprint density at radius 1 is 0.667 bits per heavy atom. The molecule has 2 saturated heterocycles. The van der Waals surface area contributed by atoms with Gasteiger partial charge in [-0.3, -0.25) is 0 Å². The van der Waals surface area contributed by atoms with Crippen LogP contribution in [0, 0.1) is 11.1 Å². The fraction of sp³-hybridized carbons (Fsp3) is 1.00. The minimum Gasteiger partial charge on any atom is -0.388 e. The Bertz CT molecular complexity index is 550. The standard InChI is InChI=1S/C12H22N6O9/c13-17-15-1-3-5(19)7(21)9(23)11(25-3)27-12-10(24)8(22)6(20)4(26-12)2-16-18-14/h3-14,19-24H,1-2H2/q+2. The Balaban J connectivity index is 2.11. The molecule has 0 aromatic heterocycles. The van der Waals surface area contributed by atoms with Gasteiger partial charge in [0.1, 0.15) is 70.1 Å². The summed E-state index contributed by atoms with van der Waals surface area (Å²) in [5.74, 6) is 0. The summed E-state index contributed by atoms with van der Waals surface area (Å²) in [4.78, 5) is 5.51.